The maximum atomic E-state index is 10.4. The lowest BCUT2D eigenvalue weighted by Gasteiger charge is -2.07. The molecule has 0 aromatic rings. The van der Waals surface area contributed by atoms with Crippen molar-refractivity contribution in [3.05, 3.63) is 0 Å². The highest BCUT2D eigenvalue weighted by atomic mass is 16.5. The molecule has 1 atom stereocenters. The molecule has 1 heterocycles. The summed E-state index contributed by atoms with van der Waals surface area (Å²) in [5.41, 5.74) is 0. The maximum absolute atomic E-state index is 10.4. The van der Waals surface area contributed by atoms with Gasteiger partial charge in [0.2, 0.25) is 0 Å². The van der Waals surface area contributed by atoms with E-state index in [1.165, 1.54) is 6.92 Å². The van der Waals surface area contributed by atoms with E-state index in [2.05, 4.69) is 9.73 Å². The SMILES string of the molecule is CC(=O)C1O[C-]=NC1=O. The first kappa shape index (κ1) is 5.94. The van der Waals surface area contributed by atoms with Crippen molar-refractivity contribution >= 4 is 18.1 Å². The Morgan fingerprint density at radius 1 is 1.89 bits per heavy atom. The second-order valence-electron chi connectivity index (χ2n) is 1.65. The van der Waals surface area contributed by atoms with Gasteiger partial charge in [-0.05, 0) is 6.92 Å². The zero-order valence-corrected chi connectivity index (χ0v) is 4.75. The van der Waals surface area contributed by atoms with Crippen molar-refractivity contribution in [3.63, 3.8) is 0 Å². The van der Waals surface area contributed by atoms with E-state index in [1.54, 1.807) is 0 Å². The molecule has 0 N–H and O–H groups in total. The molecule has 0 spiro atoms. The molecule has 0 bridgehead atoms. The fourth-order valence-electron chi connectivity index (χ4n) is 0.490. The third kappa shape index (κ3) is 0.960. The molecular formula is C5H4NO3-. The summed E-state index contributed by atoms with van der Waals surface area (Å²) in [5.74, 6) is -0.906. The van der Waals surface area contributed by atoms with Crippen LogP contribution in [0.5, 0.6) is 0 Å². The van der Waals surface area contributed by atoms with Crippen LogP contribution in [0.1, 0.15) is 6.92 Å². The van der Waals surface area contributed by atoms with Gasteiger partial charge in [0.15, 0.2) is 5.78 Å². The molecule has 0 saturated carbocycles. The van der Waals surface area contributed by atoms with Crippen LogP contribution in [0.25, 0.3) is 0 Å². The summed E-state index contributed by atoms with van der Waals surface area (Å²) in [6.45, 7) is 1.27. The van der Waals surface area contributed by atoms with Crippen LogP contribution in [-0.2, 0) is 14.3 Å². The highest BCUT2D eigenvalue weighted by Crippen LogP contribution is 2.00. The molecule has 1 rings (SSSR count). The first-order valence-electron chi connectivity index (χ1n) is 2.37. The number of hydrogen-bond acceptors (Lipinski definition) is 3. The molecule has 1 aliphatic rings. The summed E-state index contributed by atoms with van der Waals surface area (Å²) >= 11 is 0. The Morgan fingerprint density at radius 2 is 2.56 bits per heavy atom. The van der Waals surface area contributed by atoms with Crippen molar-refractivity contribution in [2.75, 3.05) is 0 Å². The third-order valence-electron chi connectivity index (χ3n) is 0.920. The van der Waals surface area contributed by atoms with Crippen LogP contribution in [0.15, 0.2) is 4.99 Å². The molecular weight excluding hydrogens is 122 g/mol. The molecule has 0 aliphatic carbocycles. The van der Waals surface area contributed by atoms with E-state index in [-0.39, 0.29) is 5.78 Å². The normalized spacial score (nSPS) is 24.1. The third-order valence-corrected chi connectivity index (χ3v) is 0.920. The smallest absolute Gasteiger partial charge is 0.159 e. The molecule has 48 valence electrons. The quantitative estimate of drug-likeness (QED) is 0.348. The van der Waals surface area contributed by atoms with Gasteiger partial charge >= 0.3 is 0 Å². The Balaban J connectivity index is 2.66. The summed E-state index contributed by atoms with van der Waals surface area (Å²) in [5, 5.41) is 0. The topological polar surface area (TPSA) is 55.7 Å². The maximum Gasteiger partial charge on any atom is 0.159 e. The second-order valence-corrected chi connectivity index (χ2v) is 1.65. The van der Waals surface area contributed by atoms with Gasteiger partial charge in [0.25, 0.3) is 0 Å². The summed E-state index contributed by atoms with van der Waals surface area (Å²) < 4.78 is 4.41. The minimum absolute atomic E-state index is 0.339. The Morgan fingerprint density at radius 3 is 2.78 bits per heavy atom. The van der Waals surface area contributed by atoms with Crippen molar-refractivity contribution in [1.29, 1.82) is 0 Å². The van der Waals surface area contributed by atoms with Crippen LogP contribution < -0.4 is 0 Å². The second kappa shape index (κ2) is 1.97. The molecule has 0 saturated heterocycles. The Kier molecular flexibility index (Phi) is 1.30. The lowest BCUT2D eigenvalue weighted by Crippen LogP contribution is -2.24. The molecule has 9 heavy (non-hydrogen) atoms. The standard InChI is InChI=1S/C5H4NO3/c1-3(7)4-5(8)6-2-9-4/h4H,1H3/q-1. The number of ketones is 1. The summed E-state index contributed by atoms with van der Waals surface area (Å²) in [4.78, 5) is 24.0. The highest BCUT2D eigenvalue weighted by Gasteiger charge is 2.17. The number of carbonyl (C=O) groups is 2. The number of aliphatic imine (C=N–C) groups is 1. The summed E-state index contributed by atoms with van der Waals surface area (Å²) in [6.07, 6.45) is 0.935. The van der Waals surface area contributed by atoms with E-state index < -0.39 is 12.0 Å². The molecule has 0 fully saturated rings. The van der Waals surface area contributed by atoms with Gasteiger partial charge in [0, 0.05) is 6.40 Å². The number of nitrogens with zero attached hydrogens (tertiary/aromatic N) is 1. The number of carbonyl (C=O) groups excluding carboxylic acids is 2. The molecule has 0 aromatic heterocycles. The number of amides is 1. The summed E-state index contributed by atoms with van der Waals surface area (Å²) in [6, 6.07) is 0. The number of rotatable bonds is 1. The van der Waals surface area contributed by atoms with Crippen LogP contribution >= 0.6 is 0 Å². The Bertz CT molecular complexity index is 185. The van der Waals surface area contributed by atoms with E-state index in [0.29, 0.717) is 0 Å². The zero-order chi connectivity index (χ0) is 6.85. The van der Waals surface area contributed by atoms with E-state index in [0.717, 1.165) is 0 Å². The first-order chi connectivity index (χ1) is 4.22. The van der Waals surface area contributed by atoms with Crippen LogP contribution in [0.4, 0.5) is 0 Å². The van der Waals surface area contributed by atoms with Crippen molar-refractivity contribution in [1.82, 2.24) is 0 Å². The zero-order valence-electron chi connectivity index (χ0n) is 4.75. The average Bonchev–Trinajstić information content (AvgIpc) is 2.13. The first-order valence-corrected chi connectivity index (χ1v) is 2.37. The van der Waals surface area contributed by atoms with Crippen molar-refractivity contribution in [2.45, 2.75) is 13.0 Å². The van der Waals surface area contributed by atoms with E-state index in [4.69, 9.17) is 0 Å². The number of Topliss-reactive ketones (excluding diaryl/α,β-unsaturated/α-hetero) is 1. The van der Waals surface area contributed by atoms with Gasteiger partial charge in [-0.3, -0.25) is 4.79 Å². The van der Waals surface area contributed by atoms with Crippen molar-refractivity contribution < 1.29 is 14.3 Å². The van der Waals surface area contributed by atoms with Gasteiger partial charge in [0.1, 0.15) is 12.0 Å². The lowest BCUT2D eigenvalue weighted by atomic mass is 10.2. The summed E-state index contributed by atoms with van der Waals surface area (Å²) in [7, 11) is 0. The lowest BCUT2D eigenvalue weighted by molar-refractivity contribution is -0.133. The average molecular weight is 126 g/mol. The molecule has 4 heteroatoms. The minimum atomic E-state index is -1.02. The molecule has 1 amide bonds. The molecule has 1 aliphatic heterocycles. The van der Waals surface area contributed by atoms with Gasteiger partial charge in [-0.15, -0.1) is 0 Å². The number of hydrogen-bond donors (Lipinski definition) is 0. The van der Waals surface area contributed by atoms with Gasteiger partial charge in [-0.25, -0.2) is 0 Å². The highest BCUT2D eigenvalue weighted by molar-refractivity contribution is 6.08. The van der Waals surface area contributed by atoms with Gasteiger partial charge < -0.3 is 14.5 Å². The fourth-order valence-corrected chi connectivity index (χ4v) is 0.490. The van der Waals surface area contributed by atoms with Crippen molar-refractivity contribution in [3.8, 4) is 0 Å². The fraction of sp³-hybridized carbons (Fsp3) is 0.400. The molecule has 4 nitrogen and oxygen atoms in total. The van der Waals surface area contributed by atoms with E-state index in [9.17, 15) is 9.59 Å². The molecule has 0 radical (unpaired) electrons. The van der Waals surface area contributed by atoms with Crippen LogP contribution in [0, 0.1) is 0 Å². The van der Waals surface area contributed by atoms with Crippen LogP contribution in [0.3, 0.4) is 0 Å². The van der Waals surface area contributed by atoms with Crippen LogP contribution in [0.2, 0.25) is 0 Å². The van der Waals surface area contributed by atoms with E-state index in [1.807, 2.05) is 6.40 Å². The Hall–Kier alpha value is -1.19. The van der Waals surface area contributed by atoms with Gasteiger partial charge in [-0.2, -0.15) is 0 Å². The monoisotopic (exact) mass is 126 g/mol. The molecule has 1 unspecified atom stereocenters. The van der Waals surface area contributed by atoms with Crippen LogP contribution in [-0.4, -0.2) is 24.2 Å². The Labute approximate surface area is 51.5 Å². The van der Waals surface area contributed by atoms with Crippen molar-refractivity contribution in [2.24, 2.45) is 4.99 Å². The largest absolute Gasteiger partial charge is 0.570 e. The van der Waals surface area contributed by atoms with Gasteiger partial charge in [0.05, 0.1) is 0 Å². The van der Waals surface area contributed by atoms with E-state index >= 15 is 0 Å². The molecule has 0 aromatic carbocycles. The number of ether oxygens (including phenoxy) is 1. The van der Waals surface area contributed by atoms with Gasteiger partial charge in [-0.1, -0.05) is 0 Å². The predicted octanol–water partition coefficient (Wildman–Crippen LogP) is -0.594. The predicted molar refractivity (Wildman–Crippen MR) is 28.0 cm³/mol. The minimum Gasteiger partial charge on any atom is -0.570 e.